The lowest BCUT2D eigenvalue weighted by Gasteiger charge is -2.29. The van der Waals surface area contributed by atoms with E-state index in [1.54, 1.807) is 6.92 Å². The Morgan fingerprint density at radius 3 is 2.71 bits per heavy atom. The van der Waals surface area contributed by atoms with Gasteiger partial charge in [0.05, 0.1) is 53.0 Å². The van der Waals surface area contributed by atoms with Crippen LogP contribution in [0.4, 0.5) is 27.6 Å². The standard InChI is InChI=1S/C23H21F5N6O/c1-12-4-16(24)14(23(29)35)6-20(12)34-9-19(31-11-34)15-5-13(7-30-22(15)28)32-18-2-3-33(8-17(18)25)10-21(26)27/h4-7,9,11,17,21H,2-3,8,10H2,1H3,(H2,29,35)/t17-/m1/s1. The molecular weight excluding hydrogens is 471 g/mol. The molecule has 0 spiro atoms. The molecule has 0 aliphatic carbocycles. The fraction of sp³-hybridized carbons (Fsp3) is 0.304. The number of aryl methyl sites for hydroxylation is 1. The molecule has 1 aromatic carbocycles. The van der Waals surface area contributed by atoms with Crippen LogP contribution < -0.4 is 5.73 Å². The smallest absolute Gasteiger partial charge is 0.251 e. The molecule has 3 heterocycles. The fourth-order valence-electron chi connectivity index (χ4n) is 3.91. The van der Waals surface area contributed by atoms with Gasteiger partial charge in [-0.2, -0.15) is 4.39 Å². The minimum atomic E-state index is -2.55. The maximum atomic E-state index is 14.5. The van der Waals surface area contributed by atoms with E-state index in [1.807, 2.05) is 0 Å². The molecule has 184 valence electrons. The average Bonchev–Trinajstić information content (AvgIpc) is 3.26. The van der Waals surface area contributed by atoms with E-state index in [0.717, 1.165) is 12.3 Å². The van der Waals surface area contributed by atoms with E-state index in [-0.39, 0.29) is 47.7 Å². The van der Waals surface area contributed by atoms with Gasteiger partial charge in [0.2, 0.25) is 5.95 Å². The van der Waals surface area contributed by atoms with Crippen LogP contribution >= 0.6 is 0 Å². The van der Waals surface area contributed by atoms with Gasteiger partial charge in [0.15, 0.2) is 6.17 Å². The topological polar surface area (TPSA) is 89.4 Å². The number of nitrogens with two attached hydrogens (primary N) is 1. The molecule has 1 aliphatic rings. The molecule has 0 unspecified atom stereocenters. The molecule has 1 amide bonds. The number of primary amides is 1. The Balaban J connectivity index is 1.61. The number of hydrogen-bond acceptors (Lipinski definition) is 5. The van der Waals surface area contributed by atoms with Gasteiger partial charge in [-0.3, -0.25) is 14.7 Å². The molecule has 4 rings (SSSR count). The second kappa shape index (κ2) is 9.90. The summed E-state index contributed by atoms with van der Waals surface area (Å²) in [4.78, 5) is 24.9. The lowest BCUT2D eigenvalue weighted by atomic mass is 10.1. The zero-order valence-corrected chi connectivity index (χ0v) is 18.6. The quantitative estimate of drug-likeness (QED) is 0.416. The highest BCUT2D eigenvalue weighted by atomic mass is 19.3. The predicted molar refractivity (Wildman–Crippen MR) is 119 cm³/mol. The van der Waals surface area contributed by atoms with Gasteiger partial charge in [-0.25, -0.2) is 27.5 Å². The van der Waals surface area contributed by atoms with Gasteiger partial charge in [0.25, 0.3) is 12.3 Å². The van der Waals surface area contributed by atoms with Gasteiger partial charge in [-0.1, -0.05) is 0 Å². The highest BCUT2D eigenvalue weighted by molar-refractivity contribution is 5.94. The maximum absolute atomic E-state index is 14.5. The molecule has 1 aliphatic heterocycles. The number of hydrogen-bond donors (Lipinski definition) is 1. The molecule has 1 saturated heterocycles. The van der Waals surface area contributed by atoms with E-state index in [9.17, 15) is 26.7 Å². The van der Waals surface area contributed by atoms with Crippen molar-refractivity contribution in [1.82, 2.24) is 19.4 Å². The number of alkyl halides is 3. The minimum Gasteiger partial charge on any atom is -0.366 e. The molecular formula is C23H21F5N6O. The number of amides is 1. The Morgan fingerprint density at radius 1 is 1.26 bits per heavy atom. The summed E-state index contributed by atoms with van der Waals surface area (Å²) in [5, 5.41) is 0. The second-order valence-corrected chi connectivity index (χ2v) is 8.15. The number of pyridine rings is 1. The number of nitrogens with zero attached hydrogens (tertiary/aromatic N) is 5. The number of rotatable bonds is 6. The van der Waals surface area contributed by atoms with E-state index in [0.29, 0.717) is 11.3 Å². The molecule has 1 fully saturated rings. The fourth-order valence-corrected chi connectivity index (χ4v) is 3.91. The van der Waals surface area contributed by atoms with Gasteiger partial charge in [0, 0.05) is 25.7 Å². The summed E-state index contributed by atoms with van der Waals surface area (Å²) in [6, 6.07) is 3.79. The van der Waals surface area contributed by atoms with Gasteiger partial charge >= 0.3 is 0 Å². The highest BCUT2D eigenvalue weighted by Gasteiger charge is 2.27. The Bertz CT molecular complexity index is 1290. The van der Waals surface area contributed by atoms with Crippen LogP contribution in [0.25, 0.3) is 16.9 Å². The number of aliphatic imine (C=N–C) groups is 1. The van der Waals surface area contributed by atoms with Gasteiger partial charge in [-0.15, -0.1) is 0 Å². The maximum Gasteiger partial charge on any atom is 0.251 e. The number of carbonyl (C=O) groups excluding carboxylic acids is 1. The summed E-state index contributed by atoms with van der Waals surface area (Å²) in [6.07, 6.45) is 0.0323. The van der Waals surface area contributed by atoms with Crippen molar-refractivity contribution in [3.05, 3.63) is 59.8 Å². The van der Waals surface area contributed by atoms with Crippen molar-refractivity contribution in [2.45, 2.75) is 25.9 Å². The molecule has 35 heavy (non-hydrogen) atoms. The SMILES string of the molecule is Cc1cc(F)c(C(N)=O)cc1-n1cnc(-c2cc(N=C3CCN(CC(F)F)C[C@H]3F)cnc2F)c1. The molecule has 7 nitrogen and oxygen atoms in total. The first-order valence-corrected chi connectivity index (χ1v) is 10.6. The largest absolute Gasteiger partial charge is 0.366 e. The molecule has 2 N–H and O–H groups in total. The summed E-state index contributed by atoms with van der Waals surface area (Å²) in [7, 11) is 0. The van der Waals surface area contributed by atoms with Crippen molar-refractivity contribution in [3.63, 3.8) is 0 Å². The summed E-state index contributed by atoms with van der Waals surface area (Å²) in [5.74, 6) is -2.53. The zero-order valence-electron chi connectivity index (χ0n) is 18.6. The summed E-state index contributed by atoms with van der Waals surface area (Å²) >= 11 is 0. The monoisotopic (exact) mass is 492 g/mol. The van der Waals surface area contributed by atoms with Gasteiger partial charge < -0.3 is 10.3 Å². The van der Waals surface area contributed by atoms with Gasteiger partial charge in [-0.05, 0) is 30.7 Å². The van der Waals surface area contributed by atoms with E-state index in [2.05, 4.69) is 15.0 Å². The minimum absolute atomic E-state index is 0.00830. The zero-order chi connectivity index (χ0) is 25.3. The average molecular weight is 492 g/mol. The molecule has 3 aromatic rings. The summed E-state index contributed by atoms with van der Waals surface area (Å²) in [6.45, 7) is 1.16. The van der Waals surface area contributed by atoms with E-state index >= 15 is 0 Å². The molecule has 0 bridgehead atoms. The first-order chi connectivity index (χ1) is 16.6. The molecule has 0 radical (unpaired) electrons. The Morgan fingerprint density at radius 2 is 2.03 bits per heavy atom. The molecule has 12 heteroatoms. The van der Waals surface area contributed by atoms with Crippen LogP contribution in [-0.4, -0.2) is 63.3 Å². The highest BCUT2D eigenvalue weighted by Crippen LogP contribution is 2.28. The molecule has 1 atom stereocenters. The van der Waals surface area contributed by atoms with Crippen molar-refractivity contribution in [2.24, 2.45) is 10.7 Å². The molecule has 0 saturated carbocycles. The Kier molecular flexibility index (Phi) is 6.92. The van der Waals surface area contributed by atoms with Crippen LogP contribution in [0.2, 0.25) is 0 Å². The van der Waals surface area contributed by atoms with Crippen LogP contribution in [-0.2, 0) is 0 Å². The van der Waals surface area contributed by atoms with Crippen LogP contribution in [0.5, 0.6) is 0 Å². The number of likely N-dealkylation sites (tertiary alicyclic amines) is 1. The third kappa shape index (κ3) is 5.37. The van der Waals surface area contributed by atoms with E-state index in [1.165, 1.54) is 34.1 Å². The van der Waals surface area contributed by atoms with Crippen molar-refractivity contribution in [2.75, 3.05) is 19.6 Å². The second-order valence-electron chi connectivity index (χ2n) is 8.15. The van der Waals surface area contributed by atoms with Crippen LogP contribution in [0, 0.1) is 18.7 Å². The first kappa shape index (κ1) is 24.5. The van der Waals surface area contributed by atoms with Crippen molar-refractivity contribution < 1.29 is 26.7 Å². The predicted octanol–water partition coefficient (Wildman–Crippen LogP) is 4.00. The lowest BCUT2D eigenvalue weighted by molar-refractivity contribution is 0.0770. The van der Waals surface area contributed by atoms with Crippen LogP contribution in [0.1, 0.15) is 22.3 Å². The number of aromatic nitrogens is 3. The number of piperidine rings is 1. The normalized spacial score (nSPS) is 17.9. The first-order valence-electron chi connectivity index (χ1n) is 10.6. The summed E-state index contributed by atoms with van der Waals surface area (Å²) < 4.78 is 69.6. The van der Waals surface area contributed by atoms with E-state index in [4.69, 9.17) is 5.73 Å². The van der Waals surface area contributed by atoms with Gasteiger partial charge in [0.1, 0.15) is 5.82 Å². The van der Waals surface area contributed by atoms with Crippen molar-refractivity contribution in [3.8, 4) is 16.9 Å². The van der Waals surface area contributed by atoms with E-state index < -0.39 is 36.8 Å². The Hall–Kier alpha value is -3.67. The van der Waals surface area contributed by atoms with Crippen molar-refractivity contribution in [1.29, 1.82) is 0 Å². The molecule has 2 aromatic heterocycles. The van der Waals surface area contributed by atoms with Crippen LogP contribution in [0.15, 0.2) is 41.9 Å². The number of carbonyl (C=O) groups is 1. The number of benzene rings is 1. The van der Waals surface area contributed by atoms with Crippen molar-refractivity contribution >= 4 is 17.3 Å². The Labute approximate surface area is 197 Å². The number of halogens is 5. The third-order valence-corrected chi connectivity index (χ3v) is 5.65. The number of imidazole rings is 1. The third-order valence-electron chi connectivity index (χ3n) is 5.65. The lowest BCUT2D eigenvalue weighted by Crippen LogP contribution is -2.44. The van der Waals surface area contributed by atoms with Crippen LogP contribution in [0.3, 0.4) is 0 Å². The summed E-state index contributed by atoms with van der Waals surface area (Å²) in [5.41, 5.74) is 6.34.